The lowest BCUT2D eigenvalue weighted by Gasteiger charge is -2.32. The summed E-state index contributed by atoms with van der Waals surface area (Å²) in [5.74, 6) is 1.90. The Balaban J connectivity index is 1.68. The Morgan fingerprint density at radius 1 is 1.35 bits per heavy atom. The van der Waals surface area contributed by atoms with E-state index in [2.05, 4.69) is 26.2 Å². The normalized spacial score (nSPS) is 16.1. The minimum Gasteiger partial charge on any atom is -0.382 e. The van der Waals surface area contributed by atoms with Gasteiger partial charge in [0, 0.05) is 30.8 Å². The predicted octanol–water partition coefficient (Wildman–Crippen LogP) is 1.64. The van der Waals surface area contributed by atoms with E-state index in [0.717, 1.165) is 37.4 Å². The standard InChI is InChI=1S/C14H16N6/c15-9-11-2-1-3-14(17-11)20-6-4-10(5-7-20)12-8-13(16)19-18-12/h1-3,8,10H,4-7H2,(H3,16,18,19). The van der Waals surface area contributed by atoms with Crippen molar-refractivity contribution in [1.29, 1.82) is 5.26 Å². The van der Waals surface area contributed by atoms with E-state index in [1.54, 1.807) is 6.07 Å². The van der Waals surface area contributed by atoms with Gasteiger partial charge < -0.3 is 10.6 Å². The molecule has 1 aliphatic heterocycles. The summed E-state index contributed by atoms with van der Waals surface area (Å²) in [5, 5.41) is 15.9. The molecule has 3 heterocycles. The highest BCUT2D eigenvalue weighted by Gasteiger charge is 2.22. The van der Waals surface area contributed by atoms with E-state index in [9.17, 15) is 0 Å². The fourth-order valence-corrected chi connectivity index (χ4v) is 2.64. The number of piperidine rings is 1. The highest BCUT2D eigenvalue weighted by atomic mass is 15.2. The van der Waals surface area contributed by atoms with Crippen molar-refractivity contribution in [3.8, 4) is 6.07 Å². The molecular weight excluding hydrogens is 252 g/mol. The van der Waals surface area contributed by atoms with Crippen molar-refractivity contribution in [3.63, 3.8) is 0 Å². The summed E-state index contributed by atoms with van der Waals surface area (Å²) in [6.45, 7) is 1.84. The van der Waals surface area contributed by atoms with Crippen molar-refractivity contribution < 1.29 is 0 Å². The summed E-state index contributed by atoms with van der Waals surface area (Å²) in [4.78, 5) is 6.56. The highest BCUT2D eigenvalue weighted by Crippen LogP contribution is 2.29. The molecule has 3 rings (SSSR count). The number of hydrogen-bond donors (Lipinski definition) is 2. The Morgan fingerprint density at radius 2 is 2.15 bits per heavy atom. The lowest BCUT2D eigenvalue weighted by Crippen LogP contribution is -2.33. The summed E-state index contributed by atoms with van der Waals surface area (Å²) in [5.41, 5.74) is 7.22. The molecule has 3 N–H and O–H groups in total. The van der Waals surface area contributed by atoms with E-state index >= 15 is 0 Å². The third-order valence-electron chi connectivity index (χ3n) is 3.73. The summed E-state index contributed by atoms with van der Waals surface area (Å²) in [6.07, 6.45) is 2.06. The number of pyridine rings is 1. The van der Waals surface area contributed by atoms with Gasteiger partial charge in [0.25, 0.3) is 0 Å². The predicted molar refractivity (Wildman–Crippen MR) is 76.1 cm³/mol. The molecule has 0 aromatic carbocycles. The largest absolute Gasteiger partial charge is 0.382 e. The zero-order valence-corrected chi connectivity index (χ0v) is 11.1. The Kier molecular flexibility index (Phi) is 3.25. The average molecular weight is 268 g/mol. The molecule has 0 spiro atoms. The highest BCUT2D eigenvalue weighted by molar-refractivity contribution is 5.42. The number of hydrogen-bond acceptors (Lipinski definition) is 5. The summed E-state index contributed by atoms with van der Waals surface area (Å²) in [7, 11) is 0. The van der Waals surface area contributed by atoms with E-state index in [1.807, 2.05) is 18.2 Å². The molecule has 102 valence electrons. The smallest absolute Gasteiger partial charge is 0.145 e. The number of rotatable bonds is 2. The molecule has 2 aromatic heterocycles. The number of nitrogens with two attached hydrogens (primary N) is 1. The van der Waals surface area contributed by atoms with Crippen LogP contribution in [-0.2, 0) is 0 Å². The van der Waals surface area contributed by atoms with E-state index in [-0.39, 0.29) is 0 Å². The van der Waals surface area contributed by atoms with Crippen molar-refractivity contribution in [1.82, 2.24) is 15.2 Å². The molecule has 1 saturated heterocycles. The monoisotopic (exact) mass is 268 g/mol. The second-order valence-corrected chi connectivity index (χ2v) is 5.00. The second-order valence-electron chi connectivity index (χ2n) is 5.00. The maximum absolute atomic E-state index is 8.90. The molecule has 0 radical (unpaired) electrons. The molecule has 2 aromatic rings. The SMILES string of the molecule is N#Cc1cccc(N2CCC(c3cc(N)n[nH]3)CC2)n1. The molecule has 0 saturated carbocycles. The van der Waals surface area contributed by atoms with Crippen molar-refractivity contribution >= 4 is 11.6 Å². The molecule has 0 atom stereocenters. The van der Waals surface area contributed by atoms with Crippen LogP contribution in [0.25, 0.3) is 0 Å². The summed E-state index contributed by atoms with van der Waals surface area (Å²) in [6, 6.07) is 9.55. The van der Waals surface area contributed by atoms with Crippen LogP contribution in [0.4, 0.5) is 11.6 Å². The summed E-state index contributed by atoms with van der Waals surface area (Å²) < 4.78 is 0. The van der Waals surface area contributed by atoms with Gasteiger partial charge in [0.1, 0.15) is 23.4 Å². The van der Waals surface area contributed by atoms with Gasteiger partial charge in [-0.1, -0.05) is 6.07 Å². The number of nitrogens with zero attached hydrogens (tertiary/aromatic N) is 4. The third kappa shape index (κ3) is 2.43. The maximum atomic E-state index is 8.90. The summed E-state index contributed by atoms with van der Waals surface area (Å²) >= 11 is 0. The van der Waals surface area contributed by atoms with Gasteiger partial charge in [-0.25, -0.2) is 4.98 Å². The van der Waals surface area contributed by atoms with Crippen molar-refractivity contribution in [2.24, 2.45) is 0 Å². The van der Waals surface area contributed by atoms with Gasteiger partial charge in [-0.2, -0.15) is 10.4 Å². The molecule has 6 nitrogen and oxygen atoms in total. The first-order valence-electron chi connectivity index (χ1n) is 6.69. The first-order valence-corrected chi connectivity index (χ1v) is 6.69. The van der Waals surface area contributed by atoms with E-state index < -0.39 is 0 Å². The van der Waals surface area contributed by atoms with E-state index in [4.69, 9.17) is 11.0 Å². The minimum absolute atomic E-state index is 0.464. The Labute approximate surface area is 117 Å². The number of nitriles is 1. The number of aromatic amines is 1. The lowest BCUT2D eigenvalue weighted by atomic mass is 9.93. The van der Waals surface area contributed by atoms with Crippen LogP contribution < -0.4 is 10.6 Å². The Hall–Kier alpha value is -2.55. The zero-order chi connectivity index (χ0) is 13.9. The van der Waals surface area contributed by atoms with Gasteiger partial charge in [0.05, 0.1) is 0 Å². The maximum Gasteiger partial charge on any atom is 0.145 e. The average Bonchev–Trinajstić information content (AvgIpc) is 2.94. The van der Waals surface area contributed by atoms with Crippen LogP contribution >= 0.6 is 0 Å². The van der Waals surface area contributed by atoms with Crippen LogP contribution in [0, 0.1) is 11.3 Å². The van der Waals surface area contributed by atoms with Gasteiger partial charge in [0.2, 0.25) is 0 Å². The Morgan fingerprint density at radius 3 is 2.80 bits per heavy atom. The zero-order valence-electron chi connectivity index (χ0n) is 11.1. The van der Waals surface area contributed by atoms with Crippen molar-refractivity contribution in [2.75, 3.05) is 23.7 Å². The number of anilines is 2. The molecule has 6 heteroatoms. The van der Waals surface area contributed by atoms with Crippen LogP contribution in [0.2, 0.25) is 0 Å². The van der Waals surface area contributed by atoms with Gasteiger partial charge in [0.15, 0.2) is 0 Å². The van der Waals surface area contributed by atoms with Crippen LogP contribution in [0.15, 0.2) is 24.3 Å². The van der Waals surface area contributed by atoms with Gasteiger partial charge in [-0.3, -0.25) is 5.10 Å². The fourth-order valence-electron chi connectivity index (χ4n) is 2.64. The second kappa shape index (κ2) is 5.21. The number of nitrogen functional groups attached to an aromatic ring is 1. The first-order chi connectivity index (χ1) is 9.76. The molecular formula is C14H16N6. The molecule has 1 fully saturated rings. The van der Waals surface area contributed by atoms with Crippen molar-refractivity contribution in [3.05, 3.63) is 35.7 Å². The van der Waals surface area contributed by atoms with Gasteiger partial charge in [-0.05, 0) is 25.0 Å². The number of aromatic nitrogens is 3. The first kappa shape index (κ1) is 12.5. The molecule has 0 aliphatic carbocycles. The Bertz CT molecular complexity index is 633. The molecule has 0 amide bonds. The van der Waals surface area contributed by atoms with Crippen LogP contribution in [0.3, 0.4) is 0 Å². The molecule has 1 aliphatic rings. The van der Waals surface area contributed by atoms with Gasteiger partial charge >= 0.3 is 0 Å². The van der Waals surface area contributed by atoms with Crippen LogP contribution in [0.1, 0.15) is 30.1 Å². The fraction of sp³-hybridized carbons (Fsp3) is 0.357. The third-order valence-corrected chi connectivity index (χ3v) is 3.73. The van der Waals surface area contributed by atoms with Crippen LogP contribution in [-0.4, -0.2) is 28.3 Å². The van der Waals surface area contributed by atoms with Gasteiger partial charge in [-0.15, -0.1) is 0 Å². The van der Waals surface area contributed by atoms with Crippen LogP contribution in [0.5, 0.6) is 0 Å². The van der Waals surface area contributed by atoms with E-state index in [1.165, 1.54) is 0 Å². The number of H-pyrrole nitrogens is 1. The quantitative estimate of drug-likeness (QED) is 0.863. The van der Waals surface area contributed by atoms with E-state index in [0.29, 0.717) is 17.4 Å². The molecule has 20 heavy (non-hydrogen) atoms. The topological polar surface area (TPSA) is 94.6 Å². The molecule has 0 bridgehead atoms. The lowest BCUT2D eigenvalue weighted by molar-refractivity contribution is 0.493. The number of nitrogens with one attached hydrogen (secondary N) is 1. The van der Waals surface area contributed by atoms with Crippen molar-refractivity contribution in [2.45, 2.75) is 18.8 Å². The minimum atomic E-state index is 0.464. The molecule has 0 unspecified atom stereocenters.